The van der Waals surface area contributed by atoms with Gasteiger partial charge in [0.05, 0.1) is 17.9 Å². The van der Waals surface area contributed by atoms with Crippen LogP contribution in [0.1, 0.15) is 17.3 Å². The maximum Gasteiger partial charge on any atom is 0.151 e. The molecule has 0 saturated carbocycles. The summed E-state index contributed by atoms with van der Waals surface area (Å²) in [7, 11) is 0. The van der Waals surface area contributed by atoms with Crippen molar-refractivity contribution in [2.75, 3.05) is 24.7 Å². The molecule has 0 amide bonds. The minimum Gasteiger partial charge on any atom is -0.492 e. The number of rotatable bonds is 5. The van der Waals surface area contributed by atoms with E-state index in [2.05, 4.69) is 4.90 Å². The quantitative estimate of drug-likeness (QED) is 0.646. The Morgan fingerprint density at radius 2 is 1.46 bits per heavy atom. The average Bonchev–Trinajstić information content (AvgIpc) is 2.74. The molecule has 1 heterocycles. The van der Waals surface area contributed by atoms with Gasteiger partial charge < -0.3 is 19.5 Å². The number of aliphatic hydroxyl groups excluding tert-OH is 1. The number of carbonyl (C=O) groups excluding carboxylic acids is 1. The maximum absolute atomic E-state index is 10.7. The number of hydrogen-bond donors (Lipinski definition) is 1. The zero-order valence-corrected chi connectivity index (χ0v) is 15.7. The first-order valence-corrected chi connectivity index (χ1v) is 9.19. The van der Waals surface area contributed by atoms with Gasteiger partial charge in [-0.25, -0.2) is 0 Å². The predicted octanol–water partition coefficient (Wildman–Crippen LogP) is 4.82. The third kappa shape index (κ3) is 4.50. The second-order valence-electron chi connectivity index (χ2n) is 6.04. The van der Waals surface area contributed by atoms with E-state index in [1.165, 1.54) is 0 Å². The van der Waals surface area contributed by atoms with Crippen LogP contribution in [0.4, 0.5) is 11.4 Å². The van der Waals surface area contributed by atoms with E-state index in [1.807, 2.05) is 60.7 Å². The maximum atomic E-state index is 10.7. The van der Waals surface area contributed by atoms with Crippen LogP contribution in [0.25, 0.3) is 0 Å². The van der Waals surface area contributed by atoms with Crippen LogP contribution in [0, 0.1) is 0 Å². The van der Waals surface area contributed by atoms with Crippen molar-refractivity contribution >= 4 is 17.7 Å². The Balaban J connectivity index is 0.000000706. The first kappa shape index (κ1) is 19.5. The lowest BCUT2D eigenvalue weighted by Crippen LogP contribution is -2.26. The first-order valence-electron chi connectivity index (χ1n) is 9.19. The minimum absolute atomic E-state index is 0.250. The molecular weight excluding hydrogens is 354 g/mol. The largest absolute Gasteiger partial charge is 0.492 e. The summed E-state index contributed by atoms with van der Waals surface area (Å²) in [4.78, 5) is 12.9. The molecule has 28 heavy (non-hydrogen) atoms. The zero-order valence-electron chi connectivity index (χ0n) is 15.7. The number of ether oxygens (including phenoxy) is 2. The van der Waals surface area contributed by atoms with Crippen molar-refractivity contribution in [3.8, 4) is 17.2 Å². The third-order valence-electron chi connectivity index (χ3n) is 4.13. The lowest BCUT2D eigenvalue weighted by Gasteiger charge is -2.32. The number of para-hydroxylation sites is 4. The monoisotopic (exact) mass is 377 g/mol. The molecule has 0 atom stereocenters. The van der Waals surface area contributed by atoms with Gasteiger partial charge in [0.15, 0.2) is 11.5 Å². The predicted molar refractivity (Wildman–Crippen MR) is 110 cm³/mol. The number of carbonyl (C=O) groups is 1. The van der Waals surface area contributed by atoms with Gasteiger partial charge in [0, 0.05) is 12.2 Å². The van der Waals surface area contributed by atoms with Gasteiger partial charge in [0.25, 0.3) is 0 Å². The Morgan fingerprint density at radius 1 is 0.929 bits per heavy atom. The van der Waals surface area contributed by atoms with Crippen LogP contribution >= 0.6 is 0 Å². The topological polar surface area (TPSA) is 59.0 Å². The number of hydrogen-bond acceptors (Lipinski definition) is 5. The van der Waals surface area contributed by atoms with Crippen molar-refractivity contribution in [1.82, 2.24) is 0 Å². The van der Waals surface area contributed by atoms with E-state index < -0.39 is 0 Å². The normalized spacial score (nSPS) is 11.3. The van der Waals surface area contributed by atoms with Crippen molar-refractivity contribution < 1.29 is 19.4 Å². The average molecular weight is 377 g/mol. The van der Waals surface area contributed by atoms with Crippen LogP contribution in [-0.4, -0.2) is 31.2 Å². The van der Waals surface area contributed by atoms with Crippen LogP contribution in [0.2, 0.25) is 0 Å². The summed E-state index contributed by atoms with van der Waals surface area (Å²) < 4.78 is 11.8. The molecule has 0 aliphatic carbocycles. The molecule has 4 rings (SSSR count). The second-order valence-corrected chi connectivity index (χ2v) is 6.04. The molecule has 1 N–H and O–H groups in total. The van der Waals surface area contributed by atoms with Crippen molar-refractivity contribution in [2.45, 2.75) is 6.92 Å². The van der Waals surface area contributed by atoms with Crippen molar-refractivity contribution in [3.63, 3.8) is 0 Å². The van der Waals surface area contributed by atoms with E-state index in [9.17, 15) is 4.79 Å². The Bertz CT molecular complexity index is 863. The third-order valence-corrected chi connectivity index (χ3v) is 4.13. The molecule has 0 radical (unpaired) electrons. The highest BCUT2D eigenvalue weighted by Gasteiger charge is 2.23. The molecule has 5 heteroatoms. The first-order chi connectivity index (χ1) is 13.8. The van der Waals surface area contributed by atoms with E-state index in [0.29, 0.717) is 18.7 Å². The van der Waals surface area contributed by atoms with Crippen LogP contribution in [0.3, 0.4) is 0 Å². The Hall–Kier alpha value is -3.31. The summed E-state index contributed by atoms with van der Waals surface area (Å²) in [5.41, 5.74) is 2.70. The molecule has 0 saturated heterocycles. The SMILES string of the molecule is CCO.O=Cc1ccc(OCCN2c3ccccc3Oc3ccccc32)cc1. The Kier molecular flexibility index (Phi) is 6.65. The Morgan fingerprint density at radius 3 is 2.00 bits per heavy atom. The lowest BCUT2D eigenvalue weighted by atomic mass is 10.1. The van der Waals surface area contributed by atoms with E-state index in [4.69, 9.17) is 14.6 Å². The van der Waals surface area contributed by atoms with Crippen LogP contribution in [-0.2, 0) is 0 Å². The van der Waals surface area contributed by atoms with Crippen molar-refractivity contribution in [2.24, 2.45) is 0 Å². The van der Waals surface area contributed by atoms with Crippen LogP contribution in [0.15, 0.2) is 72.8 Å². The molecular formula is C23H23NO4. The molecule has 3 aromatic rings. The summed E-state index contributed by atoms with van der Waals surface area (Å²) in [6.45, 7) is 3.13. The van der Waals surface area contributed by atoms with Gasteiger partial charge in [-0.05, 0) is 55.5 Å². The van der Waals surface area contributed by atoms with E-state index in [-0.39, 0.29) is 6.61 Å². The van der Waals surface area contributed by atoms with Crippen molar-refractivity contribution in [1.29, 1.82) is 0 Å². The summed E-state index contributed by atoms with van der Waals surface area (Å²) >= 11 is 0. The highest BCUT2D eigenvalue weighted by molar-refractivity contribution is 5.77. The molecule has 1 aliphatic heterocycles. The number of anilines is 2. The van der Waals surface area contributed by atoms with E-state index >= 15 is 0 Å². The number of fused-ring (bicyclic) bond motifs is 2. The highest BCUT2D eigenvalue weighted by atomic mass is 16.5. The van der Waals surface area contributed by atoms with Gasteiger partial charge in [-0.1, -0.05) is 24.3 Å². The molecule has 0 bridgehead atoms. The van der Waals surface area contributed by atoms with Gasteiger partial charge in [-0.15, -0.1) is 0 Å². The van der Waals surface area contributed by atoms with Gasteiger partial charge in [0.2, 0.25) is 0 Å². The number of nitrogens with zero attached hydrogens (tertiary/aromatic N) is 1. The van der Waals surface area contributed by atoms with Gasteiger partial charge in [-0.2, -0.15) is 0 Å². The zero-order chi connectivity index (χ0) is 19.8. The van der Waals surface area contributed by atoms with Gasteiger partial charge in [0.1, 0.15) is 18.6 Å². The summed E-state index contributed by atoms with van der Waals surface area (Å²) in [6, 6.07) is 23.1. The molecule has 1 aliphatic rings. The molecule has 0 aromatic heterocycles. The fourth-order valence-electron chi connectivity index (χ4n) is 2.92. The van der Waals surface area contributed by atoms with E-state index in [1.54, 1.807) is 19.1 Å². The van der Waals surface area contributed by atoms with Crippen LogP contribution in [0.5, 0.6) is 17.2 Å². The summed E-state index contributed by atoms with van der Waals surface area (Å²) in [5.74, 6) is 2.44. The number of aldehydes is 1. The molecule has 0 spiro atoms. The van der Waals surface area contributed by atoms with E-state index in [0.717, 1.165) is 34.9 Å². The molecule has 0 unspecified atom stereocenters. The molecule has 0 fully saturated rings. The lowest BCUT2D eigenvalue weighted by molar-refractivity contribution is 0.112. The standard InChI is InChI=1S/C21H17NO3.C2H6O/c23-15-16-9-11-17(12-10-16)24-14-13-22-18-5-1-3-7-20(18)25-21-8-4-2-6-19(21)22;1-2-3/h1-12,15H,13-14H2;3H,2H2,1H3. The Labute approximate surface area is 164 Å². The smallest absolute Gasteiger partial charge is 0.151 e. The minimum atomic E-state index is 0.250. The van der Waals surface area contributed by atoms with Crippen LogP contribution < -0.4 is 14.4 Å². The van der Waals surface area contributed by atoms with Gasteiger partial charge in [-0.3, -0.25) is 4.79 Å². The van der Waals surface area contributed by atoms with Gasteiger partial charge >= 0.3 is 0 Å². The summed E-state index contributed by atoms with van der Waals surface area (Å²) in [6.07, 6.45) is 0.825. The molecule has 144 valence electrons. The van der Waals surface area contributed by atoms with Crippen molar-refractivity contribution in [3.05, 3.63) is 78.4 Å². The number of benzene rings is 3. The fraction of sp³-hybridized carbons (Fsp3) is 0.174. The molecule has 5 nitrogen and oxygen atoms in total. The summed E-state index contributed by atoms with van der Waals surface area (Å²) in [5, 5.41) is 7.57. The fourth-order valence-corrected chi connectivity index (χ4v) is 2.92. The number of aliphatic hydroxyl groups is 1. The molecule has 3 aromatic carbocycles. The second kappa shape index (κ2) is 9.58. The highest BCUT2D eigenvalue weighted by Crippen LogP contribution is 2.45.